The number of amides is 1. The Labute approximate surface area is 86.9 Å². The van der Waals surface area contributed by atoms with Crippen LogP contribution < -0.4 is 11.3 Å². The van der Waals surface area contributed by atoms with Crippen molar-refractivity contribution < 1.29 is 9.63 Å². The topological polar surface area (TPSA) is 76.7 Å². The Kier molecular flexibility index (Phi) is 2.64. The summed E-state index contributed by atoms with van der Waals surface area (Å²) in [6.07, 6.45) is -0.155. The predicted molar refractivity (Wildman–Crippen MR) is 54.8 cm³/mol. The van der Waals surface area contributed by atoms with Crippen molar-refractivity contribution in [3.63, 3.8) is 0 Å². The van der Waals surface area contributed by atoms with E-state index in [2.05, 4.69) is 5.16 Å². The highest BCUT2D eigenvalue weighted by atomic mass is 16.6. The molecule has 15 heavy (non-hydrogen) atoms. The smallest absolute Gasteiger partial charge is 0.278 e. The molecule has 1 aromatic carbocycles. The van der Waals surface area contributed by atoms with E-state index in [0.29, 0.717) is 6.42 Å². The Morgan fingerprint density at radius 2 is 2.20 bits per heavy atom. The molecule has 0 spiro atoms. The molecule has 0 aliphatic carbocycles. The van der Waals surface area contributed by atoms with E-state index >= 15 is 0 Å². The van der Waals surface area contributed by atoms with Crippen molar-refractivity contribution in [2.75, 3.05) is 0 Å². The van der Waals surface area contributed by atoms with Gasteiger partial charge in [0.15, 0.2) is 0 Å². The molecule has 1 unspecified atom stereocenters. The van der Waals surface area contributed by atoms with E-state index in [0.717, 1.165) is 11.3 Å². The van der Waals surface area contributed by atoms with E-state index in [1.807, 2.05) is 35.8 Å². The van der Waals surface area contributed by atoms with Crippen LogP contribution >= 0.6 is 0 Å². The third-order valence-electron chi connectivity index (χ3n) is 2.21. The lowest BCUT2D eigenvalue weighted by Gasteiger charge is -2.04. The van der Waals surface area contributed by atoms with Crippen LogP contribution in [0.15, 0.2) is 35.5 Å². The Morgan fingerprint density at radius 1 is 1.47 bits per heavy atom. The first-order valence-electron chi connectivity index (χ1n) is 4.60. The Balaban J connectivity index is 2.07. The van der Waals surface area contributed by atoms with Crippen LogP contribution in [0.3, 0.4) is 0 Å². The van der Waals surface area contributed by atoms with Crippen molar-refractivity contribution in [2.24, 2.45) is 11.0 Å². The molecule has 1 atom stereocenters. The summed E-state index contributed by atoms with van der Waals surface area (Å²) in [4.78, 5) is 16.1. The molecule has 1 amide bonds. The second kappa shape index (κ2) is 4.10. The van der Waals surface area contributed by atoms with Gasteiger partial charge in [-0.3, -0.25) is 10.2 Å². The minimum absolute atomic E-state index is 0.357. The highest BCUT2D eigenvalue weighted by Crippen LogP contribution is 2.16. The van der Waals surface area contributed by atoms with Crippen LogP contribution in [-0.4, -0.2) is 17.7 Å². The number of oxime groups is 1. The molecule has 1 aliphatic heterocycles. The molecule has 0 bridgehead atoms. The monoisotopic (exact) mass is 205 g/mol. The van der Waals surface area contributed by atoms with Crippen LogP contribution in [0.2, 0.25) is 0 Å². The summed E-state index contributed by atoms with van der Waals surface area (Å²) < 4.78 is 0. The molecule has 0 saturated carbocycles. The van der Waals surface area contributed by atoms with Gasteiger partial charge in [-0.2, -0.15) is 0 Å². The van der Waals surface area contributed by atoms with Crippen LogP contribution in [0.5, 0.6) is 0 Å². The molecular weight excluding hydrogens is 194 g/mol. The number of rotatable bonds is 2. The van der Waals surface area contributed by atoms with Gasteiger partial charge in [0.05, 0.1) is 5.71 Å². The average Bonchev–Trinajstić information content (AvgIpc) is 2.78. The van der Waals surface area contributed by atoms with E-state index in [1.54, 1.807) is 0 Å². The summed E-state index contributed by atoms with van der Waals surface area (Å²) in [5.74, 6) is 4.65. The number of carbonyl (C=O) groups is 1. The number of benzene rings is 1. The lowest BCUT2D eigenvalue weighted by molar-refractivity contribution is -0.131. The number of nitrogens with zero attached hydrogens (tertiary/aromatic N) is 1. The van der Waals surface area contributed by atoms with Crippen molar-refractivity contribution >= 4 is 11.6 Å². The highest BCUT2D eigenvalue weighted by Gasteiger charge is 2.27. The van der Waals surface area contributed by atoms with E-state index in [9.17, 15) is 4.79 Å². The summed E-state index contributed by atoms with van der Waals surface area (Å²) in [7, 11) is 0. The fourth-order valence-corrected chi connectivity index (χ4v) is 1.41. The highest BCUT2D eigenvalue weighted by molar-refractivity contribution is 6.03. The summed E-state index contributed by atoms with van der Waals surface area (Å²) in [6, 6.07) is 9.59. The molecule has 2 rings (SSSR count). The molecule has 78 valence electrons. The van der Waals surface area contributed by atoms with Crippen LogP contribution in [0, 0.1) is 0 Å². The number of carbonyl (C=O) groups excluding carboxylic acids is 1. The Bertz CT molecular complexity index is 389. The van der Waals surface area contributed by atoms with Crippen molar-refractivity contribution in [3.8, 4) is 0 Å². The maximum Gasteiger partial charge on any atom is 0.278 e. The van der Waals surface area contributed by atoms with Crippen molar-refractivity contribution in [2.45, 2.75) is 12.5 Å². The number of nitrogens with one attached hydrogen (secondary N) is 1. The molecule has 1 heterocycles. The molecule has 1 aliphatic rings. The van der Waals surface area contributed by atoms with E-state index in [4.69, 9.17) is 10.7 Å². The van der Waals surface area contributed by atoms with Gasteiger partial charge in [-0.15, -0.1) is 0 Å². The summed E-state index contributed by atoms with van der Waals surface area (Å²) >= 11 is 0. The minimum Gasteiger partial charge on any atom is -0.382 e. The molecule has 0 aromatic heterocycles. The lowest BCUT2D eigenvalue weighted by Crippen LogP contribution is -2.39. The van der Waals surface area contributed by atoms with Gasteiger partial charge in [0.25, 0.3) is 5.91 Å². The molecule has 5 heteroatoms. The van der Waals surface area contributed by atoms with Crippen molar-refractivity contribution in [1.29, 1.82) is 0 Å². The van der Waals surface area contributed by atoms with Gasteiger partial charge in [-0.25, -0.2) is 5.84 Å². The zero-order valence-corrected chi connectivity index (χ0v) is 8.01. The van der Waals surface area contributed by atoms with Gasteiger partial charge < -0.3 is 4.84 Å². The van der Waals surface area contributed by atoms with E-state index in [1.165, 1.54) is 0 Å². The Morgan fingerprint density at radius 3 is 2.87 bits per heavy atom. The first-order chi connectivity index (χ1) is 7.31. The maximum atomic E-state index is 11.2. The molecule has 3 N–H and O–H groups in total. The maximum absolute atomic E-state index is 11.2. The normalized spacial score (nSPS) is 19.3. The fraction of sp³-hybridized carbons (Fsp3) is 0.200. The first-order valence-corrected chi connectivity index (χ1v) is 4.60. The second-order valence-corrected chi connectivity index (χ2v) is 3.21. The van der Waals surface area contributed by atoms with Gasteiger partial charge in [-0.05, 0) is 5.56 Å². The van der Waals surface area contributed by atoms with Crippen LogP contribution in [0.1, 0.15) is 12.0 Å². The van der Waals surface area contributed by atoms with Gasteiger partial charge in [0, 0.05) is 6.42 Å². The van der Waals surface area contributed by atoms with Crippen molar-refractivity contribution in [1.82, 2.24) is 5.43 Å². The Hall–Kier alpha value is -1.88. The number of nitrogens with two attached hydrogens (primary N) is 1. The first kappa shape index (κ1) is 9.67. The second-order valence-electron chi connectivity index (χ2n) is 3.21. The zero-order valence-electron chi connectivity index (χ0n) is 8.01. The summed E-state index contributed by atoms with van der Waals surface area (Å²) in [5, 5.41) is 3.86. The van der Waals surface area contributed by atoms with Gasteiger partial charge in [-0.1, -0.05) is 35.5 Å². The lowest BCUT2D eigenvalue weighted by atomic mass is 10.1. The standard InChI is InChI=1S/C10H11N3O2/c11-12-10(14)9-6-8(13-15-9)7-4-2-1-3-5-7/h1-5,9H,6,11H2,(H,12,14). The van der Waals surface area contributed by atoms with Gasteiger partial charge in [0.1, 0.15) is 0 Å². The molecule has 0 saturated heterocycles. The van der Waals surface area contributed by atoms with Crippen LogP contribution in [-0.2, 0) is 9.63 Å². The van der Waals surface area contributed by atoms with Crippen molar-refractivity contribution in [3.05, 3.63) is 35.9 Å². The third-order valence-corrected chi connectivity index (χ3v) is 2.21. The number of hydrazine groups is 1. The van der Waals surface area contributed by atoms with Gasteiger partial charge in [0.2, 0.25) is 6.10 Å². The zero-order chi connectivity index (χ0) is 10.7. The quantitative estimate of drug-likeness (QED) is 0.410. The van der Waals surface area contributed by atoms with E-state index < -0.39 is 6.10 Å². The van der Waals surface area contributed by atoms with E-state index in [-0.39, 0.29) is 5.91 Å². The minimum atomic E-state index is -0.606. The van der Waals surface area contributed by atoms with Gasteiger partial charge >= 0.3 is 0 Å². The molecule has 5 nitrogen and oxygen atoms in total. The molecular formula is C10H11N3O2. The SMILES string of the molecule is NNC(=O)C1CC(c2ccccc2)=NO1. The average molecular weight is 205 g/mol. The fourth-order valence-electron chi connectivity index (χ4n) is 1.41. The number of hydrogen-bond donors (Lipinski definition) is 2. The summed E-state index contributed by atoms with van der Waals surface area (Å²) in [5.41, 5.74) is 3.77. The van der Waals surface area contributed by atoms with Crippen LogP contribution in [0.25, 0.3) is 0 Å². The predicted octanol–water partition coefficient (Wildman–Crippen LogP) is 0.169. The molecule has 0 fully saturated rings. The van der Waals surface area contributed by atoms with Crippen LogP contribution in [0.4, 0.5) is 0 Å². The number of hydrogen-bond acceptors (Lipinski definition) is 4. The molecule has 0 radical (unpaired) electrons. The molecule has 1 aromatic rings. The summed E-state index contributed by atoms with van der Waals surface area (Å²) in [6.45, 7) is 0. The largest absolute Gasteiger partial charge is 0.382 e. The third kappa shape index (κ3) is 1.97.